The second-order valence-electron chi connectivity index (χ2n) is 6.88. The van der Waals surface area contributed by atoms with E-state index in [9.17, 15) is 9.59 Å². The smallest absolute Gasteiger partial charge is 0.264 e. The normalized spacial score (nSPS) is 17.0. The van der Waals surface area contributed by atoms with Crippen molar-refractivity contribution in [2.24, 2.45) is 0 Å². The van der Waals surface area contributed by atoms with Crippen molar-refractivity contribution in [3.8, 4) is 5.88 Å². The highest BCUT2D eigenvalue weighted by molar-refractivity contribution is 7.12. The molecule has 1 atom stereocenters. The van der Waals surface area contributed by atoms with E-state index < -0.39 is 6.04 Å². The minimum atomic E-state index is -0.412. The lowest BCUT2D eigenvalue weighted by Gasteiger charge is -2.34. The summed E-state index contributed by atoms with van der Waals surface area (Å²) >= 11 is 1.41. The van der Waals surface area contributed by atoms with Gasteiger partial charge in [-0.25, -0.2) is 4.98 Å². The van der Waals surface area contributed by atoms with Gasteiger partial charge in [-0.15, -0.1) is 11.3 Å². The minimum absolute atomic E-state index is 0.0540. The summed E-state index contributed by atoms with van der Waals surface area (Å²) in [5.74, 6) is 0.406. The average molecular weight is 388 g/mol. The Kier molecular flexibility index (Phi) is 6.45. The Bertz CT molecular complexity index is 759. The van der Waals surface area contributed by atoms with Crippen molar-refractivity contribution in [1.82, 2.24) is 15.2 Å². The van der Waals surface area contributed by atoms with E-state index in [1.54, 1.807) is 17.2 Å². The van der Waals surface area contributed by atoms with Crippen LogP contribution in [0.25, 0.3) is 0 Å². The number of ether oxygens (including phenoxy) is 1. The first-order chi connectivity index (χ1) is 13.0. The van der Waals surface area contributed by atoms with Gasteiger partial charge in [0.25, 0.3) is 5.91 Å². The summed E-state index contributed by atoms with van der Waals surface area (Å²) in [6, 6.07) is 6.94. The molecule has 3 rings (SSSR count). The van der Waals surface area contributed by atoms with Crippen molar-refractivity contribution in [3.05, 3.63) is 46.3 Å². The molecule has 1 saturated heterocycles. The van der Waals surface area contributed by atoms with Crippen molar-refractivity contribution in [2.75, 3.05) is 6.54 Å². The number of amides is 2. The molecule has 1 aliphatic heterocycles. The van der Waals surface area contributed by atoms with Crippen LogP contribution in [0, 0.1) is 0 Å². The molecule has 1 unspecified atom stereocenters. The maximum absolute atomic E-state index is 12.7. The van der Waals surface area contributed by atoms with Crippen molar-refractivity contribution in [3.63, 3.8) is 0 Å². The molecule has 1 N–H and O–H groups in total. The van der Waals surface area contributed by atoms with E-state index in [0.29, 0.717) is 30.3 Å². The van der Waals surface area contributed by atoms with Gasteiger partial charge >= 0.3 is 0 Å². The zero-order valence-electron chi connectivity index (χ0n) is 15.7. The quantitative estimate of drug-likeness (QED) is 0.826. The van der Waals surface area contributed by atoms with Crippen molar-refractivity contribution in [2.45, 2.75) is 51.8 Å². The van der Waals surface area contributed by atoms with Crippen molar-refractivity contribution in [1.29, 1.82) is 0 Å². The molecule has 1 fully saturated rings. The zero-order chi connectivity index (χ0) is 19.2. The van der Waals surface area contributed by atoms with Crippen molar-refractivity contribution < 1.29 is 14.3 Å². The Morgan fingerprint density at radius 2 is 2.19 bits per heavy atom. The predicted molar refractivity (Wildman–Crippen MR) is 105 cm³/mol. The van der Waals surface area contributed by atoms with Gasteiger partial charge in [-0.05, 0) is 50.1 Å². The lowest BCUT2D eigenvalue weighted by atomic mass is 10.0. The predicted octanol–water partition coefficient (Wildman–Crippen LogP) is 3.24. The molecular weight excluding hydrogens is 362 g/mol. The molecule has 0 aliphatic carbocycles. The number of hydrogen-bond acceptors (Lipinski definition) is 5. The molecule has 144 valence electrons. The third-order valence-electron chi connectivity index (χ3n) is 4.42. The van der Waals surface area contributed by atoms with Crippen LogP contribution in [-0.2, 0) is 11.3 Å². The first-order valence-corrected chi connectivity index (χ1v) is 10.2. The Balaban J connectivity index is 1.59. The molecule has 3 heterocycles. The second kappa shape index (κ2) is 8.99. The van der Waals surface area contributed by atoms with Crippen LogP contribution in [0.3, 0.4) is 0 Å². The van der Waals surface area contributed by atoms with Crippen LogP contribution in [0.2, 0.25) is 0 Å². The van der Waals surface area contributed by atoms with E-state index >= 15 is 0 Å². The number of hydrogen-bond donors (Lipinski definition) is 1. The SMILES string of the molecule is CC(C)Oc1ccc(CNC(=O)C2CCCCN2C(=O)c2cccs2)cn1. The van der Waals surface area contributed by atoms with Gasteiger partial charge < -0.3 is 15.0 Å². The van der Waals surface area contributed by atoms with E-state index in [-0.39, 0.29) is 17.9 Å². The number of nitrogens with zero attached hydrogens (tertiary/aromatic N) is 2. The molecule has 0 radical (unpaired) electrons. The van der Waals surface area contributed by atoms with Crippen LogP contribution in [0.4, 0.5) is 0 Å². The van der Waals surface area contributed by atoms with Gasteiger partial charge in [-0.2, -0.15) is 0 Å². The summed E-state index contributed by atoms with van der Waals surface area (Å²) in [5.41, 5.74) is 0.895. The average Bonchev–Trinajstić information content (AvgIpc) is 3.21. The topological polar surface area (TPSA) is 71.5 Å². The highest BCUT2D eigenvalue weighted by Gasteiger charge is 2.32. The Labute approximate surface area is 163 Å². The van der Waals surface area contributed by atoms with Crippen LogP contribution in [-0.4, -0.2) is 40.4 Å². The fraction of sp³-hybridized carbons (Fsp3) is 0.450. The molecule has 0 aromatic carbocycles. The Hall–Kier alpha value is -2.41. The first kappa shape index (κ1) is 19.4. The zero-order valence-corrected chi connectivity index (χ0v) is 16.5. The summed E-state index contributed by atoms with van der Waals surface area (Å²) in [6.07, 6.45) is 4.36. The summed E-state index contributed by atoms with van der Waals surface area (Å²) in [7, 11) is 0. The molecule has 2 aromatic rings. The number of carbonyl (C=O) groups is 2. The summed E-state index contributed by atoms with van der Waals surface area (Å²) in [6.45, 7) is 4.90. The number of rotatable bonds is 6. The summed E-state index contributed by atoms with van der Waals surface area (Å²) in [5, 5.41) is 4.83. The molecule has 6 nitrogen and oxygen atoms in total. The van der Waals surface area contributed by atoms with E-state index in [1.807, 2.05) is 37.4 Å². The maximum atomic E-state index is 12.7. The van der Waals surface area contributed by atoms with Gasteiger partial charge in [0.2, 0.25) is 11.8 Å². The van der Waals surface area contributed by atoms with Crippen LogP contribution < -0.4 is 10.1 Å². The fourth-order valence-corrected chi connectivity index (χ4v) is 3.80. The van der Waals surface area contributed by atoms with Gasteiger partial charge in [0.05, 0.1) is 11.0 Å². The number of carbonyl (C=O) groups excluding carboxylic acids is 2. The van der Waals surface area contributed by atoms with Crippen LogP contribution in [0.5, 0.6) is 5.88 Å². The summed E-state index contributed by atoms with van der Waals surface area (Å²) < 4.78 is 5.52. The van der Waals surface area contributed by atoms with Gasteiger partial charge in [-0.3, -0.25) is 9.59 Å². The third kappa shape index (κ3) is 5.07. The van der Waals surface area contributed by atoms with Gasteiger partial charge in [0, 0.05) is 25.4 Å². The molecule has 0 saturated carbocycles. The van der Waals surface area contributed by atoms with Crippen molar-refractivity contribution >= 4 is 23.2 Å². The van der Waals surface area contributed by atoms with E-state index in [4.69, 9.17) is 4.74 Å². The van der Waals surface area contributed by atoms with Gasteiger partial charge in [0.1, 0.15) is 6.04 Å². The van der Waals surface area contributed by atoms with Crippen LogP contribution >= 0.6 is 11.3 Å². The third-order valence-corrected chi connectivity index (χ3v) is 5.28. The number of pyridine rings is 1. The van der Waals surface area contributed by atoms with Gasteiger partial charge in [-0.1, -0.05) is 12.1 Å². The molecule has 2 amide bonds. The highest BCUT2D eigenvalue weighted by Crippen LogP contribution is 2.22. The minimum Gasteiger partial charge on any atom is -0.475 e. The molecule has 0 spiro atoms. The summed E-state index contributed by atoms with van der Waals surface area (Å²) in [4.78, 5) is 32.1. The first-order valence-electron chi connectivity index (χ1n) is 9.28. The van der Waals surface area contributed by atoms with Gasteiger partial charge in [0.15, 0.2) is 0 Å². The lowest BCUT2D eigenvalue weighted by molar-refractivity contribution is -0.126. The number of nitrogens with one attached hydrogen (secondary N) is 1. The Morgan fingerprint density at radius 3 is 2.85 bits per heavy atom. The fourth-order valence-electron chi connectivity index (χ4n) is 3.12. The highest BCUT2D eigenvalue weighted by atomic mass is 32.1. The molecular formula is C20H25N3O3S. The Morgan fingerprint density at radius 1 is 1.33 bits per heavy atom. The molecule has 2 aromatic heterocycles. The van der Waals surface area contributed by atoms with E-state index in [0.717, 1.165) is 18.4 Å². The molecule has 7 heteroatoms. The second-order valence-corrected chi connectivity index (χ2v) is 7.82. The number of aromatic nitrogens is 1. The lowest BCUT2D eigenvalue weighted by Crippen LogP contribution is -2.51. The standard InChI is InChI=1S/C20H25N3O3S/c1-14(2)26-18-9-8-15(12-21-18)13-22-19(24)16-6-3-4-10-23(16)20(25)17-7-5-11-27-17/h5,7-9,11-12,14,16H,3-4,6,10,13H2,1-2H3,(H,22,24). The maximum Gasteiger partial charge on any atom is 0.264 e. The molecule has 1 aliphatic rings. The van der Waals surface area contributed by atoms with E-state index in [1.165, 1.54) is 11.3 Å². The number of piperidine rings is 1. The number of likely N-dealkylation sites (tertiary alicyclic amines) is 1. The molecule has 27 heavy (non-hydrogen) atoms. The van der Waals surface area contributed by atoms with Crippen LogP contribution in [0.1, 0.15) is 48.3 Å². The number of thiophene rings is 1. The van der Waals surface area contributed by atoms with Crippen LogP contribution in [0.15, 0.2) is 35.8 Å². The largest absolute Gasteiger partial charge is 0.475 e. The van der Waals surface area contributed by atoms with E-state index in [2.05, 4.69) is 10.3 Å². The molecule has 0 bridgehead atoms. The monoisotopic (exact) mass is 387 g/mol.